The Morgan fingerprint density at radius 3 is 2.58 bits per heavy atom. The first kappa shape index (κ1) is 24.5. The van der Waals surface area contributed by atoms with Crippen LogP contribution in [-0.4, -0.2) is 40.2 Å². The standard InChI is InChI=1S/C24H31FN3O3/c1-24(25,23(26)31)13-11-20(16-21(29)10-9-18-6-3-2-4-7-18)22(30)28-15-12-19-8-5-14-27-17-19/h2-8,10,14,17,20-21,29H,9,11-13,15-16H2,1H3,(H2,26,31)(H,28,30)/t20-,21+,24?/m1/s1. The fourth-order valence-corrected chi connectivity index (χ4v) is 3.22. The molecule has 2 aromatic rings. The molecule has 0 bridgehead atoms. The van der Waals surface area contributed by atoms with E-state index >= 15 is 0 Å². The summed E-state index contributed by atoms with van der Waals surface area (Å²) in [6.07, 6.45) is 5.52. The van der Waals surface area contributed by atoms with Crippen LogP contribution >= 0.6 is 0 Å². The van der Waals surface area contributed by atoms with Gasteiger partial charge in [-0.1, -0.05) is 36.4 Å². The number of rotatable bonds is 13. The number of alkyl halides is 1. The molecule has 1 unspecified atom stereocenters. The summed E-state index contributed by atoms with van der Waals surface area (Å²) in [6, 6.07) is 13.4. The van der Waals surface area contributed by atoms with Gasteiger partial charge < -0.3 is 16.2 Å². The van der Waals surface area contributed by atoms with Gasteiger partial charge in [0.25, 0.3) is 5.91 Å². The van der Waals surface area contributed by atoms with Crippen molar-refractivity contribution in [3.8, 4) is 0 Å². The Bertz CT molecular complexity index is 815. The zero-order valence-corrected chi connectivity index (χ0v) is 17.8. The van der Waals surface area contributed by atoms with Crippen molar-refractivity contribution in [1.29, 1.82) is 0 Å². The maximum absolute atomic E-state index is 14.3. The van der Waals surface area contributed by atoms with Gasteiger partial charge in [0.15, 0.2) is 5.67 Å². The molecule has 3 atom stereocenters. The fraction of sp³-hybridized carbons (Fsp3) is 0.417. The number of nitrogens with zero attached hydrogens (tertiary/aromatic N) is 1. The molecule has 1 aromatic carbocycles. The Morgan fingerprint density at radius 2 is 1.94 bits per heavy atom. The van der Waals surface area contributed by atoms with Crippen molar-refractivity contribution >= 4 is 11.8 Å². The number of hydrogen-bond donors (Lipinski definition) is 3. The molecule has 0 saturated carbocycles. The molecule has 6 nitrogen and oxygen atoms in total. The van der Waals surface area contributed by atoms with Gasteiger partial charge in [0, 0.05) is 24.9 Å². The van der Waals surface area contributed by atoms with Gasteiger partial charge in [-0.3, -0.25) is 14.6 Å². The molecule has 0 aliphatic heterocycles. The second kappa shape index (κ2) is 12.2. The minimum atomic E-state index is -2.20. The van der Waals surface area contributed by atoms with Gasteiger partial charge in [-0.05, 0) is 62.6 Å². The number of carbonyl (C=O) groups is 2. The first-order valence-corrected chi connectivity index (χ1v) is 10.5. The number of pyridine rings is 1. The van der Waals surface area contributed by atoms with Crippen molar-refractivity contribution < 1.29 is 19.1 Å². The summed E-state index contributed by atoms with van der Waals surface area (Å²) < 4.78 is 14.3. The number of aromatic nitrogens is 1. The molecule has 0 spiro atoms. The summed E-state index contributed by atoms with van der Waals surface area (Å²) in [5.41, 5.74) is 4.95. The Kier molecular flexibility index (Phi) is 9.59. The summed E-state index contributed by atoms with van der Waals surface area (Å²) >= 11 is 0. The second-order valence-electron chi connectivity index (χ2n) is 7.93. The number of nitrogens with two attached hydrogens (primary N) is 1. The molecule has 7 heteroatoms. The van der Waals surface area contributed by atoms with Crippen molar-refractivity contribution in [2.45, 2.75) is 50.8 Å². The van der Waals surface area contributed by atoms with Gasteiger partial charge in [0.1, 0.15) is 0 Å². The zero-order chi connectivity index (χ0) is 22.7. The summed E-state index contributed by atoms with van der Waals surface area (Å²) in [7, 11) is 0. The number of primary amides is 1. The molecule has 0 aliphatic carbocycles. The molecule has 2 rings (SSSR count). The molecule has 1 aromatic heterocycles. The van der Waals surface area contributed by atoms with E-state index in [0.29, 0.717) is 19.4 Å². The Balaban J connectivity index is 1.92. The van der Waals surface area contributed by atoms with Crippen LogP contribution in [0.2, 0.25) is 0 Å². The third kappa shape index (κ3) is 8.84. The first-order chi connectivity index (χ1) is 14.8. The van der Waals surface area contributed by atoms with E-state index < -0.39 is 23.6 Å². The van der Waals surface area contributed by atoms with Crippen LogP contribution in [0.3, 0.4) is 0 Å². The van der Waals surface area contributed by atoms with E-state index in [4.69, 9.17) is 5.73 Å². The highest BCUT2D eigenvalue weighted by Crippen LogP contribution is 2.24. The minimum Gasteiger partial charge on any atom is -0.393 e. The predicted molar refractivity (Wildman–Crippen MR) is 117 cm³/mol. The fourth-order valence-electron chi connectivity index (χ4n) is 3.22. The molecule has 31 heavy (non-hydrogen) atoms. The molecule has 1 radical (unpaired) electrons. The number of hydrogen-bond acceptors (Lipinski definition) is 4. The maximum Gasteiger partial charge on any atom is 0.254 e. The smallest absolute Gasteiger partial charge is 0.254 e. The van der Waals surface area contributed by atoms with Gasteiger partial charge in [0.2, 0.25) is 5.91 Å². The molecule has 4 N–H and O–H groups in total. The first-order valence-electron chi connectivity index (χ1n) is 10.5. The van der Waals surface area contributed by atoms with E-state index in [0.717, 1.165) is 18.1 Å². The van der Waals surface area contributed by atoms with Crippen molar-refractivity contribution in [2.75, 3.05) is 6.54 Å². The van der Waals surface area contributed by atoms with Gasteiger partial charge in [0.05, 0.1) is 6.10 Å². The summed E-state index contributed by atoms with van der Waals surface area (Å²) in [6.45, 7) is 1.51. The Morgan fingerprint density at radius 1 is 1.23 bits per heavy atom. The van der Waals surface area contributed by atoms with Crippen LogP contribution < -0.4 is 11.1 Å². The lowest BCUT2D eigenvalue weighted by Gasteiger charge is -2.23. The van der Waals surface area contributed by atoms with E-state index in [9.17, 15) is 19.1 Å². The van der Waals surface area contributed by atoms with Crippen molar-refractivity contribution in [3.05, 3.63) is 72.4 Å². The number of amides is 2. The highest BCUT2D eigenvalue weighted by Gasteiger charge is 2.33. The molecule has 1 heterocycles. The quantitative estimate of drug-likeness (QED) is 0.456. The van der Waals surface area contributed by atoms with E-state index in [1.807, 2.05) is 42.5 Å². The molecule has 0 aliphatic rings. The molecular formula is C24H31FN3O3. The van der Waals surface area contributed by atoms with Crippen molar-refractivity contribution in [1.82, 2.24) is 10.3 Å². The number of nitrogens with one attached hydrogen (secondary N) is 1. The van der Waals surface area contributed by atoms with Crippen molar-refractivity contribution in [2.24, 2.45) is 11.7 Å². The van der Waals surface area contributed by atoms with E-state index in [1.165, 1.54) is 0 Å². The Labute approximate surface area is 183 Å². The second-order valence-corrected chi connectivity index (χ2v) is 7.93. The SMILES string of the molecule is CC(F)(CC[C@H](C[C@@H](O)[CH]Cc1ccccc1)C(=O)NCCc1cccnc1)C(N)=O. The van der Waals surface area contributed by atoms with Gasteiger partial charge >= 0.3 is 0 Å². The number of halogens is 1. The lowest BCUT2D eigenvalue weighted by atomic mass is 9.88. The lowest BCUT2D eigenvalue weighted by molar-refractivity contribution is -0.131. The van der Waals surface area contributed by atoms with Crippen LogP contribution in [-0.2, 0) is 22.4 Å². The number of aliphatic hydroxyl groups excluding tert-OH is 1. The predicted octanol–water partition coefficient (Wildman–Crippen LogP) is 2.55. The average molecular weight is 429 g/mol. The molecule has 0 fully saturated rings. The normalized spacial score (nSPS) is 14.9. The van der Waals surface area contributed by atoms with Gasteiger partial charge in [-0.25, -0.2) is 4.39 Å². The highest BCUT2D eigenvalue weighted by molar-refractivity contribution is 5.83. The number of carbonyl (C=O) groups excluding carboxylic acids is 2. The van der Waals surface area contributed by atoms with Crippen LogP contribution in [0.1, 0.15) is 37.3 Å². The maximum atomic E-state index is 14.3. The monoisotopic (exact) mass is 428 g/mol. The number of aliphatic hydroxyl groups is 1. The highest BCUT2D eigenvalue weighted by atomic mass is 19.1. The number of benzene rings is 1. The molecule has 2 amide bonds. The third-order valence-electron chi connectivity index (χ3n) is 5.28. The van der Waals surface area contributed by atoms with Crippen LogP contribution in [0.4, 0.5) is 4.39 Å². The molecular weight excluding hydrogens is 397 g/mol. The van der Waals surface area contributed by atoms with Crippen molar-refractivity contribution in [3.63, 3.8) is 0 Å². The Hall–Kier alpha value is -2.80. The topological polar surface area (TPSA) is 105 Å². The van der Waals surface area contributed by atoms with Crippen LogP contribution in [0.15, 0.2) is 54.9 Å². The van der Waals surface area contributed by atoms with Crippen LogP contribution in [0, 0.1) is 12.3 Å². The molecule has 167 valence electrons. The lowest BCUT2D eigenvalue weighted by Crippen LogP contribution is -2.39. The van der Waals surface area contributed by atoms with Gasteiger partial charge in [-0.2, -0.15) is 0 Å². The third-order valence-corrected chi connectivity index (χ3v) is 5.28. The van der Waals surface area contributed by atoms with E-state index in [1.54, 1.807) is 18.8 Å². The largest absolute Gasteiger partial charge is 0.393 e. The zero-order valence-electron chi connectivity index (χ0n) is 17.8. The van der Waals surface area contributed by atoms with Gasteiger partial charge in [-0.15, -0.1) is 0 Å². The summed E-state index contributed by atoms with van der Waals surface area (Å²) in [5.74, 6) is -1.99. The average Bonchev–Trinajstić information content (AvgIpc) is 2.76. The van der Waals surface area contributed by atoms with Crippen LogP contribution in [0.5, 0.6) is 0 Å². The summed E-state index contributed by atoms with van der Waals surface area (Å²) in [4.78, 5) is 28.1. The molecule has 0 saturated heterocycles. The van der Waals surface area contributed by atoms with E-state index in [2.05, 4.69) is 10.3 Å². The van der Waals surface area contributed by atoms with Crippen LogP contribution in [0.25, 0.3) is 0 Å². The minimum absolute atomic E-state index is 0.102. The summed E-state index contributed by atoms with van der Waals surface area (Å²) in [5, 5.41) is 13.3. The van der Waals surface area contributed by atoms with E-state index in [-0.39, 0.29) is 25.2 Å².